The molecule has 6 nitrogen and oxygen atoms in total. The van der Waals surface area contributed by atoms with Crippen molar-refractivity contribution in [3.05, 3.63) is 33.6 Å². The summed E-state index contributed by atoms with van der Waals surface area (Å²) in [7, 11) is 0. The summed E-state index contributed by atoms with van der Waals surface area (Å²) in [6.45, 7) is 9.63. The summed E-state index contributed by atoms with van der Waals surface area (Å²) in [5.41, 5.74) is -1.31. The molecule has 0 spiro atoms. The molecular formula is C11H18N4O2S. The zero-order valence-corrected chi connectivity index (χ0v) is 11.7. The number of nitrogens with two attached hydrogens (primary N) is 1. The molecule has 0 atom stereocenters. The van der Waals surface area contributed by atoms with Crippen LogP contribution in [0.5, 0.6) is 0 Å². The molecule has 7 heteroatoms. The maximum Gasteiger partial charge on any atom is 0.354 e. The van der Waals surface area contributed by atoms with Gasteiger partial charge in [-0.2, -0.15) is 9.66 Å². The lowest BCUT2D eigenvalue weighted by atomic mass is 9.97. The van der Waals surface area contributed by atoms with E-state index < -0.39 is 11.4 Å². The Labute approximate surface area is 109 Å². The van der Waals surface area contributed by atoms with Crippen molar-refractivity contribution in [1.82, 2.24) is 14.2 Å². The lowest BCUT2D eigenvalue weighted by Crippen LogP contribution is -2.47. The normalized spacial score (nSPS) is 11.5. The highest BCUT2D eigenvalue weighted by Gasteiger charge is 2.17. The van der Waals surface area contributed by atoms with Crippen LogP contribution in [0.15, 0.2) is 27.4 Å². The van der Waals surface area contributed by atoms with E-state index in [1.54, 1.807) is 6.08 Å². The van der Waals surface area contributed by atoms with E-state index in [0.717, 1.165) is 9.24 Å². The maximum absolute atomic E-state index is 12.0. The molecule has 0 unspecified atom stereocenters. The van der Waals surface area contributed by atoms with E-state index in [2.05, 4.69) is 11.6 Å². The quantitative estimate of drug-likeness (QED) is 0.488. The smallest absolute Gasteiger partial charge is 0.333 e. The molecular weight excluding hydrogens is 252 g/mol. The molecule has 1 aromatic rings. The predicted octanol–water partition coefficient (Wildman–Crippen LogP) is 0.443. The van der Waals surface area contributed by atoms with Gasteiger partial charge in [-0.25, -0.2) is 14.2 Å². The third-order valence-corrected chi connectivity index (χ3v) is 2.98. The highest BCUT2D eigenvalue weighted by atomic mass is 32.2. The summed E-state index contributed by atoms with van der Waals surface area (Å²) in [6, 6.07) is 0. The topological polar surface area (TPSA) is 82.9 Å². The van der Waals surface area contributed by atoms with Gasteiger partial charge < -0.3 is 5.84 Å². The van der Waals surface area contributed by atoms with E-state index in [1.807, 2.05) is 20.8 Å². The first kappa shape index (κ1) is 14.6. The van der Waals surface area contributed by atoms with Crippen LogP contribution in [-0.4, -0.2) is 20.0 Å². The van der Waals surface area contributed by atoms with Crippen LogP contribution in [0, 0.1) is 5.41 Å². The van der Waals surface area contributed by atoms with Gasteiger partial charge in [0.1, 0.15) is 0 Å². The van der Waals surface area contributed by atoms with Crippen LogP contribution in [-0.2, 0) is 6.54 Å². The van der Waals surface area contributed by atoms with Gasteiger partial charge in [-0.15, -0.1) is 6.58 Å². The van der Waals surface area contributed by atoms with Crippen LogP contribution < -0.4 is 17.2 Å². The second-order valence-electron chi connectivity index (χ2n) is 5.08. The van der Waals surface area contributed by atoms with Gasteiger partial charge in [0.05, 0.1) is 0 Å². The van der Waals surface area contributed by atoms with Crippen LogP contribution >= 0.6 is 11.8 Å². The molecule has 0 saturated heterocycles. The van der Waals surface area contributed by atoms with Crippen LogP contribution in [0.25, 0.3) is 0 Å². The van der Waals surface area contributed by atoms with Crippen LogP contribution in [0.3, 0.4) is 0 Å². The molecule has 0 amide bonds. The fourth-order valence-corrected chi connectivity index (χ4v) is 1.96. The average Bonchev–Trinajstić information content (AvgIpc) is 2.26. The van der Waals surface area contributed by atoms with Crippen LogP contribution in [0.1, 0.15) is 20.8 Å². The molecule has 0 aromatic carbocycles. The SMILES string of the molecule is C=CCSc1nc(=O)n(CC(C)(C)C)c(=O)n1N. The first-order chi connectivity index (χ1) is 8.26. The molecule has 0 aliphatic heterocycles. The standard InChI is InChI=1S/C11H18N4O2S/c1-5-6-18-9-13-8(16)14(7-11(2,3)4)10(17)15(9)12/h5H,1,6-7,12H2,2-4H3. The molecule has 1 heterocycles. The molecule has 0 saturated carbocycles. The highest BCUT2D eigenvalue weighted by molar-refractivity contribution is 7.99. The molecule has 100 valence electrons. The molecule has 0 fully saturated rings. The Morgan fingerprint density at radius 1 is 1.44 bits per heavy atom. The fourth-order valence-electron chi connectivity index (χ4n) is 1.33. The summed E-state index contributed by atoms with van der Waals surface area (Å²) in [5.74, 6) is 6.17. The Morgan fingerprint density at radius 2 is 2.06 bits per heavy atom. The molecule has 2 N–H and O–H groups in total. The Balaban J connectivity index is 3.25. The van der Waals surface area contributed by atoms with E-state index in [1.165, 1.54) is 11.8 Å². The second-order valence-corrected chi connectivity index (χ2v) is 6.06. The van der Waals surface area contributed by atoms with E-state index in [0.29, 0.717) is 5.75 Å². The predicted molar refractivity (Wildman–Crippen MR) is 73.3 cm³/mol. The van der Waals surface area contributed by atoms with Crippen LogP contribution in [0.4, 0.5) is 0 Å². The lowest BCUT2D eigenvalue weighted by Gasteiger charge is -2.19. The van der Waals surface area contributed by atoms with E-state index in [4.69, 9.17) is 5.84 Å². The van der Waals surface area contributed by atoms with Crippen molar-refractivity contribution in [1.29, 1.82) is 0 Å². The average molecular weight is 270 g/mol. The van der Waals surface area contributed by atoms with Gasteiger partial charge in [-0.05, 0) is 5.41 Å². The Kier molecular flexibility index (Phi) is 4.39. The number of hydrogen-bond donors (Lipinski definition) is 1. The van der Waals surface area contributed by atoms with Crippen molar-refractivity contribution >= 4 is 11.8 Å². The minimum atomic E-state index is -0.566. The molecule has 0 aliphatic carbocycles. The van der Waals surface area contributed by atoms with Gasteiger partial charge in [0.15, 0.2) is 5.16 Å². The minimum Gasteiger partial charge on any atom is -0.333 e. The van der Waals surface area contributed by atoms with E-state index in [9.17, 15) is 9.59 Å². The van der Waals surface area contributed by atoms with Gasteiger partial charge in [-0.3, -0.25) is 0 Å². The van der Waals surface area contributed by atoms with E-state index >= 15 is 0 Å². The molecule has 1 rings (SSSR count). The highest BCUT2D eigenvalue weighted by Crippen LogP contribution is 2.14. The molecule has 0 aliphatic rings. The Bertz CT molecular complexity index is 554. The first-order valence-corrected chi connectivity index (χ1v) is 6.47. The number of nitrogens with zero attached hydrogens (tertiary/aromatic N) is 3. The maximum atomic E-state index is 12.0. The number of hydrogen-bond acceptors (Lipinski definition) is 5. The summed E-state index contributed by atoms with van der Waals surface area (Å²) in [6.07, 6.45) is 1.65. The summed E-state index contributed by atoms with van der Waals surface area (Å²) in [5, 5.41) is 0.204. The first-order valence-electron chi connectivity index (χ1n) is 5.49. The fraction of sp³-hybridized carbons (Fsp3) is 0.545. The van der Waals surface area contributed by atoms with Crippen LogP contribution in [0.2, 0.25) is 0 Å². The zero-order valence-electron chi connectivity index (χ0n) is 10.8. The number of nitrogen functional groups attached to an aromatic ring is 1. The van der Waals surface area contributed by atoms with Crippen molar-refractivity contribution in [3.63, 3.8) is 0 Å². The van der Waals surface area contributed by atoms with Crippen molar-refractivity contribution in [2.45, 2.75) is 32.5 Å². The van der Waals surface area contributed by atoms with Crippen molar-refractivity contribution < 1.29 is 0 Å². The number of thioether (sulfide) groups is 1. The van der Waals surface area contributed by atoms with Gasteiger partial charge in [0.25, 0.3) is 0 Å². The molecule has 1 aromatic heterocycles. The molecule has 0 bridgehead atoms. The second kappa shape index (κ2) is 5.43. The van der Waals surface area contributed by atoms with Gasteiger partial charge in [0, 0.05) is 12.3 Å². The Morgan fingerprint density at radius 3 is 2.56 bits per heavy atom. The molecule has 0 radical (unpaired) electrons. The van der Waals surface area contributed by atoms with Crippen molar-refractivity contribution in [2.24, 2.45) is 5.41 Å². The third-order valence-electron chi connectivity index (χ3n) is 2.03. The van der Waals surface area contributed by atoms with E-state index in [-0.39, 0.29) is 17.1 Å². The molecule has 18 heavy (non-hydrogen) atoms. The lowest BCUT2D eigenvalue weighted by molar-refractivity contribution is 0.320. The van der Waals surface area contributed by atoms with Crippen molar-refractivity contribution in [3.8, 4) is 0 Å². The zero-order chi connectivity index (χ0) is 13.9. The summed E-state index contributed by atoms with van der Waals surface area (Å²) >= 11 is 1.20. The third kappa shape index (κ3) is 3.49. The van der Waals surface area contributed by atoms with Gasteiger partial charge in [0.2, 0.25) is 0 Å². The van der Waals surface area contributed by atoms with Crippen molar-refractivity contribution in [2.75, 3.05) is 11.6 Å². The minimum absolute atomic E-state index is 0.201. The summed E-state index contributed by atoms with van der Waals surface area (Å²) < 4.78 is 1.96. The summed E-state index contributed by atoms with van der Waals surface area (Å²) in [4.78, 5) is 27.6. The van der Waals surface area contributed by atoms with Gasteiger partial charge in [-0.1, -0.05) is 38.6 Å². The monoisotopic (exact) mass is 270 g/mol. The number of rotatable bonds is 4. The largest absolute Gasteiger partial charge is 0.354 e. The Hall–Kier alpha value is -1.50. The van der Waals surface area contributed by atoms with Gasteiger partial charge >= 0.3 is 11.4 Å². The number of aromatic nitrogens is 3.